The average Bonchev–Trinajstić information content (AvgIpc) is 2.04. The Balaban J connectivity index is 3.23. The maximum Gasteiger partial charge on any atom is 0.243 e. The van der Waals surface area contributed by atoms with E-state index in [9.17, 15) is 0 Å². The molecule has 0 fully saturated rings. The molecule has 4 nitrogen and oxygen atoms in total. The van der Waals surface area contributed by atoms with Crippen molar-refractivity contribution in [1.29, 1.82) is 0 Å². The fraction of sp³-hybridized carbons (Fsp3) is 0.333. The molecule has 0 aliphatic rings. The minimum Gasteiger partial charge on any atom is -0.326 e. The lowest BCUT2D eigenvalue weighted by Gasteiger charge is -2.01. The molecule has 1 N–H and O–H groups in total. The van der Waals surface area contributed by atoms with E-state index in [4.69, 9.17) is 0 Å². The van der Waals surface area contributed by atoms with Gasteiger partial charge in [0.25, 0.3) is 0 Å². The molecule has 1 heterocycles. The Morgan fingerprint density at radius 3 is 3.00 bits per heavy atom. The molecule has 1 aromatic rings. The highest BCUT2D eigenvalue weighted by molar-refractivity contribution is 4.82. The monoisotopic (exact) mass is 138 g/mol. The fourth-order valence-corrected chi connectivity index (χ4v) is 0.703. The maximum atomic E-state index is 4.00. The fourth-order valence-electron chi connectivity index (χ4n) is 0.703. The molecule has 10 heavy (non-hydrogen) atoms. The highest BCUT2D eigenvalue weighted by Gasteiger charge is 1.83. The first-order valence-electron chi connectivity index (χ1n) is 3.02. The SMILES string of the molecule is C/N=c1/ncccn1NC. The minimum absolute atomic E-state index is 0.671. The summed E-state index contributed by atoms with van der Waals surface area (Å²) in [6.07, 6.45) is 3.56. The number of rotatable bonds is 1. The van der Waals surface area contributed by atoms with Crippen molar-refractivity contribution in [2.75, 3.05) is 19.5 Å². The van der Waals surface area contributed by atoms with Crippen LogP contribution >= 0.6 is 0 Å². The number of hydrogen-bond acceptors (Lipinski definition) is 3. The van der Waals surface area contributed by atoms with E-state index >= 15 is 0 Å². The van der Waals surface area contributed by atoms with Crippen LogP contribution in [0, 0.1) is 0 Å². The van der Waals surface area contributed by atoms with E-state index in [2.05, 4.69) is 15.4 Å². The summed E-state index contributed by atoms with van der Waals surface area (Å²) in [5, 5.41) is 0. The number of aromatic nitrogens is 2. The van der Waals surface area contributed by atoms with Gasteiger partial charge in [-0.3, -0.25) is 4.99 Å². The lowest BCUT2D eigenvalue weighted by molar-refractivity contribution is 0.786. The van der Waals surface area contributed by atoms with Gasteiger partial charge < -0.3 is 5.43 Å². The highest BCUT2D eigenvalue weighted by atomic mass is 15.4. The first-order valence-corrected chi connectivity index (χ1v) is 3.02. The Morgan fingerprint density at radius 1 is 1.70 bits per heavy atom. The molecule has 0 amide bonds. The van der Waals surface area contributed by atoms with Gasteiger partial charge in [0.2, 0.25) is 5.62 Å². The summed E-state index contributed by atoms with van der Waals surface area (Å²) in [4.78, 5) is 7.93. The molecular weight excluding hydrogens is 128 g/mol. The van der Waals surface area contributed by atoms with Gasteiger partial charge in [0, 0.05) is 26.5 Å². The van der Waals surface area contributed by atoms with Crippen molar-refractivity contribution in [3.63, 3.8) is 0 Å². The van der Waals surface area contributed by atoms with Crippen LogP contribution in [0.5, 0.6) is 0 Å². The molecule has 1 aromatic heterocycles. The van der Waals surface area contributed by atoms with Gasteiger partial charge >= 0.3 is 0 Å². The van der Waals surface area contributed by atoms with Gasteiger partial charge in [-0.2, -0.15) is 0 Å². The van der Waals surface area contributed by atoms with Gasteiger partial charge in [0.15, 0.2) is 0 Å². The molecule has 0 spiro atoms. The number of nitrogens with one attached hydrogen (secondary N) is 1. The summed E-state index contributed by atoms with van der Waals surface area (Å²) >= 11 is 0. The van der Waals surface area contributed by atoms with Gasteiger partial charge in [-0.1, -0.05) is 0 Å². The third-order valence-electron chi connectivity index (χ3n) is 1.17. The van der Waals surface area contributed by atoms with Crippen LogP contribution in [0.1, 0.15) is 0 Å². The van der Waals surface area contributed by atoms with Crippen molar-refractivity contribution in [3.05, 3.63) is 24.1 Å². The molecule has 54 valence electrons. The molecule has 0 aliphatic heterocycles. The Morgan fingerprint density at radius 2 is 2.50 bits per heavy atom. The van der Waals surface area contributed by atoms with E-state index in [0.717, 1.165) is 0 Å². The summed E-state index contributed by atoms with van der Waals surface area (Å²) in [5.41, 5.74) is 3.58. The second kappa shape index (κ2) is 3.00. The van der Waals surface area contributed by atoms with E-state index in [1.165, 1.54) is 0 Å². The van der Waals surface area contributed by atoms with Crippen molar-refractivity contribution < 1.29 is 0 Å². The molecule has 0 atom stereocenters. The summed E-state index contributed by atoms with van der Waals surface area (Å²) in [5.74, 6) is 0. The lowest BCUT2D eigenvalue weighted by atomic mass is 10.7. The molecule has 0 saturated carbocycles. The highest BCUT2D eigenvalue weighted by Crippen LogP contribution is 1.70. The van der Waals surface area contributed by atoms with Gasteiger partial charge in [0.1, 0.15) is 0 Å². The van der Waals surface area contributed by atoms with Crippen LogP contribution < -0.4 is 11.0 Å². The van der Waals surface area contributed by atoms with Crippen molar-refractivity contribution in [1.82, 2.24) is 9.66 Å². The first-order chi connectivity index (χ1) is 4.88. The molecule has 0 bridgehead atoms. The largest absolute Gasteiger partial charge is 0.326 e. The Bertz CT molecular complexity index is 262. The van der Waals surface area contributed by atoms with Crippen LogP contribution in [0.2, 0.25) is 0 Å². The maximum absolute atomic E-state index is 4.00. The molecule has 0 aromatic carbocycles. The lowest BCUT2D eigenvalue weighted by Crippen LogP contribution is -2.28. The summed E-state index contributed by atoms with van der Waals surface area (Å²) in [6.45, 7) is 0. The van der Waals surface area contributed by atoms with Crippen LogP contribution in [0.3, 0.4) is 0 Å². The molecule has 4 heteroatoms. The van der Waals surface area contributed by atoms with E-state index in [1.807, 2.05) is 19.3 Å². The smallest absolute Gasteiger partial charge is 0.243 e. The summed E-state index contributed by atoms with van der Waals surface area (Å²) < 4.78 is 1.74. The Hall–Kier alpha value is -1.32. The van der Waals surface area contributed by atoms with Crippen molar-refractivity contribution >= 4 is 0 Å². The zero-order chi connectivity index (χ0) is 7.40. The van der Waals surface area contributed by atoms with Crippen molar-refractivity contribution in [3.8, 4) is 0 Å². The van der Waals surface area contributed by atoms with E-state index < -0.39 is 0 Å². The quantitative estimate of drug-likeness (QED) is 0.573. The predicted octanol–water partition coefficient (Wildman–Crippen LogP) is -0.413. The molecular formula is C6H10N4. The number of hydrogen-bond donors (Lipinski definition) is 1. The number of nitrogens with zero attached hydrogens (tertiary/aromatic N) is 3. The Labute approximate surface area is 59.2 Å². The predicted molar refractivity (Wildman–Crippen MR) is 39.0 cm³/mol. The van der Waals surface area contributed by atoms with Gasteiger partial charge in [-0.15, -0.1) is 0 Å². The second-order valence-electron chi connectivity index (χ2n) is 1.74. The van der Waals surface area contributed by atoms with Crippen LogP contribution in [0.25, 0.3) is 0 Å². The minimum atomic E-state index is 0.671. The zero-order valence-corrected chi connectivity index (χ0v) is 6.07. The van der Waals surface area contributed by atoms with Crippen LogP contribution in [0.15, 0.2) is 23.5 Å². The molecule has 0 radical (unpaired) electrons. The zero-order valence-electron chi connectivity index (χ0n) is 6.07. The topological polar surface area (TPSA) is 42.2 Å². The summed E-state index contributed by atoms with van der Waals surface area (Å²) in [7, 11) is 3.52. The third kappa shape index (κ3) is 1.15. The van der Waals surface area contributed by atoms with Gasteiger partial charge in [0.05, 0.1) is 0 Å². The average molecular weight is 138 g/mol. The molecule has 0 unspecified atom stereocenters. The normalized spacial score (nSPS) is 11.6. The van der Waals surface area contributed by atoms with Crippen LogP contribution in [-0.2, 0) is 0 Å². The van der Waals surface area contributed by atoms with E-state index in [1.54, 1.807) is 17.9 Å². The van der Waals surface area contributed by atoms with E-state index in [-0.39, 0.29) is 0 Å². The second-order valence-corrected chi connectivity index (χ2v) is 1.74. The van der Waals surface area contributed by atoms with Crippen molar-refractivity contribution in [2.45, 2.75) is 0 Å². The van der Waals surface area contributed by atoms with Crippen molar-refractivity contribution in [2.24, 2.45) is 4.99 Å². The standard InChI is InChI=1S/C6H10N4/c1-7-6-9-4-3-5-10(6)8-2/h3-5,8H,1-2H3/b7-6-. The first kappa shape index (κ1) is 6.80. The third-order valence-corrected chi connectivity index (χ3v) is 1.17. The Kier molecular flexibility index (Phi) is 2.04. The molecule has 1 rings (SSSR count). The molecule has 0 saturated heterocycles. The van der Waals surface area contributed by atoms with Crippen LogP contribution in [-0.4, -0.2) is 23.8 Å². The van der Waals surface area contributed by atoms with Crippen LogP contribution in [0.4, 0.5) is 0 Å². The van der Waals surface area contributed by atoms with E-state index in [0.29, 0.717) is 5.62 Å². The van der Waals surface area contributed by atoms with Gasteiger partial charge in [-0.05, 0) is 6.07 Å². The summed E-state index contributed by atoms with van der Waals surface area (Å²) in [6, 6.07) is 1.84. The molecule has 0 aliphatic carbocycles. The van der Waals surface area contributed by atoms with Gasteiger partial charge in [-0.25, -0.2) is 9.66 Å².